The molecule has 2 heterocycles. The molecule has 2 N–H and O–H groups in total. The summed E-state index contributed by atoms with van der Waals surface area (Å²) in [5.41, 5.74) is 0.111. The van der Waals surface area contributed by atoms with Crippen molar-refractivity contribution in [2.24, 2.45) is 7.05 Å². The molecule has 1 aromatic carbocycles. The lowest BCUT2D eigenvalue weighted by atomic mass is 10.2. The highest BCUT2D eigenvalue weighted by molar-refractivity contribution is 7.89. The van der Waals surface area contributed by atoms with E-state index in [1.165, 1.54) is 10.7 Å². The number of nitro benzene ring substituents is 1. The van der Waals surface area contributed by atoms with Gasteiger partial charge in [0.05, 0.1) is 11.0 Å². The number of sulfonamides is 1. The van der Waals surface area contributed by atoms with Gasteiger partial charge in [-0.2, -0.15) is 5.10 Å². The molecule has 2 aromatic rings. The molecule has 1 aliphatic heterocycles. The van der Waals surface area contributed by atoms with Gasteiger partial charge in [-0.3, -0.25) is 14.9 Å². The number of aromatic nitrogens is 2. The van der Waals surface area contributed by atoms with E-state index in [0.29, 0.717) is 18.7 Å². The molecule has 0 spiro atoms. The van der Waals surface area contributed by atoms with Crippen molar-refractivity contribution in [3.8, 4) is 11.6 Å². The van der Waals surface area contributed by atoms with Crippen molar-refractivity contribution in [2.75, 3.05) is 13.2 Å². The number of rotatable bonds is 9. The van der Waals surface area contributed by atoms with Crippen molar-refractivity contribution in [2.45, 2.75) is 50.7 Å². The molecule has 0 aliphatic carbocycles. The second kappa shape index (κ2) is 9.85. The van der Waals surface area contributed by atoms with Crippen LogP contribution in [-0.2, 0) is 21.8 Å². The Hall–Kier alpha value is -3.03. The molecule has 0 bridgehead atoms. The third-order valence-electron chi connectivity index (χ3n) is 4.97. The summed E-state index contributed by atoms with van der Waals surface area (Å²) in [5, 5.41) is 18.2. The van der Waals surface area contributed by atoms with E-state index in [1.807, 2.05) is 0 Å². The Bertz CT molecular complexity index is 1150. The molecule has 1 aliphatic rings. The van der Waals surface area contributed by atoms with Crippen LogP contribution in [0.25, 0.3) is 0 Å². The van der Waals surface area contributed by atoms with Gasteiger partial charge in [0.1, 0.15) is 10.6 Å². The Morgan fingerprint density at radius 2 is 2.15 bits per heavy atom. The quantitative estimate of drug-likeness (QED) is 0.407. The molecule has 3 rings (SSSR count). The summed E-state index contributed by atoms with van der Waals surface area (Å²) in [6, 6.07) is 2.84. The summed E-state index contributed by atoms with van der Waals surface area (Å²) < 4.78 is 40.7. The van der Waals surface area contributed by atoms with Gasteiger partial charge in [0.15, 0.2) is 5.69 Å². The summed E-state index contributed by atoms with van der Waals surface area (Å²) >= 11 is 0. The third kappa shape index (κ3) is 5.67. The van der Waals surface area contributed by atoms with Crippen LogP contribution in [0.5, 0.6) is 11.6 Å². The van der Waals surface area contributed by atoms with Gasteiger partial charge in [-0.05, 0) is 39.7 Å². The molecule has 12 nitrogen and oxygen atoms in total. The van der Waals surface area contributed by atoms with E-state index in [4.69, 9.17) is 9.47 Å². The second-order valence-corrected chi connectivity index (χ2v) is 9.70. The Morgan fingerprint density at radius 3 is 2.76 bits per heavy atom. The van der Waals surface area contributed by atoms with Crippen LogP contribution in [-0.4, -0.2) is 54.3 Å². The monoisotopic (exact) mass is 481 g/mol. The maximum Gasteiger partial charge on any atom is 0.272 e. The van der Waals surface area contributed by atoms with Crippen LogP contribution in [0.2, 0.25) is 0 Å². The maximum absolute atomic E-state index is 12.8. The normalized spacial score (nSPS) is 16.2. The number of carbonyl (C=O) groups excluding carboxylic acids is 1. The fourth-order valence-electron chi connectivity index (χ4n) is 3.45. The van der Waals surface area contributed by atoms with E-state index < -0.39 is 37.5 Å². The number of non-ortho nitro benzene ring substituents is 1. The smallest absolute Gasteiger partial charge is 0.272 e. The van der Waals surface area contributed by atoms with E-state index in [1.54, 1.807) is 27.8 Å². The number of hydrogen-bond acceptors (Lipinski definition) is 8. The largest absolute Gasteiger partial charge is 0.438 e. The Labute approximate surface area is 191 Å². The zero-order valence-corrected chi connectivity index (χ0v) is 19.6. The molecule has 33 heavy (non-hydrogen) atoms. The predicted octanol–water partition coefficient (Wildman–Crippen LogP) is 2.02. The van der Waals surface area contributed by atoms with Gasteiger partial charge < -0.3 is 14.8 Å². The van der Waals surface area contributed by atoms with Crippen LogP contribution in [0.3, 0.4) is 0 Å². The number of ether oxygens (including phenoxy) is 2. The van der Waals surface area contributed by atoms with Crippen molar-refractivity contribution in [3.63, 3.8) is 0 Å². The van der Waals surface area contributed by atoms with Gasteiger partial charge in [-0.1, -0.05) is 0 Å². The van der Waals surface area contributed by atoms with Crippen molar-refractivity contribution >= 4 is 21.6 Å². The van der Waals surface area contributed by atoms with Crippen LogP contribution in [0.15, 0.2) is 23.1 Å². The van der Waals surface area contributed by atoms with E-state index in [-0.39, 0.29) is 23.4 Å². The predicted molar refractivity (Wildman–Crippen MR) is 118 cm³/mol. The maximum atomic E-state index is 12.8. The van der Waals surface area contributed by atoms with Crippen LogP contribution < -0.4 is 14.8 Å². The van der Waals surface area contributed by atoms with Gasteiger partial charge in [0.25, 0.3) is 11.6 Å². The first-order valence-corrected chi connectivity index (χ1v) is 11.9. The number of benzene rings is 1. The lowest BCUT2D eigenvalue weighted by Gasteiger charge is -2.14. The minimum absolute atomic E-state index is 0.0324. The van der Waals surface area contributed by atoms with E-state index in [9.17, 15) is 23.3 Å². The van der Waals surface area contributed by atoms with E-state index in [0.717, 1.165) is 25.0 Å². The van der Waals surface area contributed by atoms with Crippen LogP contribution in [0.1, 0.15) is 42.7 Å². The van der Waals surface area contributed by atoms with Gasteiger partial charge in [0.2, 0.25) is 15.9 Å². The lowest BCUT2D eigenvalue weighted by molar-refractivity contribution is -0.385. The molecular weight excluding hydrogens is 454 g/mol. The molecule has 0 radical (unpaired) electrons. The minimum Gasteiger partial charge on any atom is -0.438 e. The summed E-state index contributed by atoms with van der Waals surface area (Å²) in [7, 11) is -2.58. The highest BCUT2D eigenvalue weighted by atomic mass is 32.2. The number of nitro groups is 1. The van der Waals surface area contributed by atoms with E-state index >= 15 is 0 Å². The van der Waals surface area contributed by atoms with Gasteiger partial charge in [-0.25, -0.2) is 17.8 Å². The fourth-order valence-corrected chi connectivity index (χ4v) is 4.85. The highest BCUT2D eigenvalue weighted by Gasteiger charge is 2.27. The first-order chi connectivity index (χ1) is 15.5. The average Bonchev–Trinajstić information content (AvgIpc) is 3.35. The van der Waals surface area contributed by atoms with E-state index in [2.05, 4.69) is 15.1 Å². The minimum atomic E-state index is -4.12. The third-order valence-corrected chi connectivity index (χ3v) is 6.65. The van der Waals surface area contributed by atoms with Gasteiger partial charge in [-0.15, -0.1) is 0 Å². The number of nitrogens with one attached hydrogen (secondary N) is 2. The number of nitrogens with zero attached hydrogens (tertiary/aromatic N) is 3. The number of amides is 1. The standard InChI is InChI=1S/C20H27N5O7S/c1-12(2)23-33(29,30)17-10-14(25(27)28)7-8-16(17)32-20-13(3)18(22-24(20)4)19(26)21-11-15-6-5-9-31-15/h7-8,10,12,15,23H,5-6,9,11H2,1-4H3,(H,21,26). The zero-order valence-electron chi connectivity index (χ0n) is 18.8. The molecule has 13 heteroatoms. The molecule has 0 saturated carbocycles. The molecule has 1 atom stereocenters. The molecule has 1 fully saturated rings. The summed E-state index contributed by atoms with van der Waals surface area (Å²) in [4.78, 5) is 22.7. The summed E-state index contributed by atoms with van der Waals surface area (Å²) in [6.45, 7) is 5.91. The fraction of sp³-hybridized carbons (Fsp3) is 0.500. The molecule has 1 unspecified atom stereocenters. The number of carbonyl (C=O) groups is 1. The van der Waals surface area contributed by atoms with Crippen molar-refractivity contribution in [1.29, 1.82) is 0 Å². The Kier molecular flexibility index (Phi) is 7.34. The average molecular weight is 482 g/mol. The number of hydrogen-bond donors (Lipinski definition) is 2. The van der Waals surface area contributed by atoms with Crippen molar-refractivity contribution in [3.05, 3.63) is 39.6 Å². The molecule has 180 valence electrons. The number of aryl methyl sites for hydroxylation is 1. The van der Waals surface area contributed by atoms with Crippen LogP contribution >= 0.6 is 0 Å². The zero-order chi connectivity index (χ0) is 24.3. The summed E-state index contributed by atoms with van der Waals surface area (Å²) in [6.07, 6.45) is 1.79. The van der Waals surface area contributed by atoms with Crippen molar-refractivity contribution < 1.29 is 27.6 Å². The Balaban J connectivity index is 1.91. The highest BCUT2D eigenvalue weighted by Crippen LogP contribution is 2.34. The van der Waals surface area contributed by atoms with Crippen molar-refractivity contribution in [1.82, 2.24) is 19.8 Å². The molecule has 1 amide bonds. The molecular formula is C20H27N5O7S. The Morgan fingerprint density at radius 1 is 1.42 bits per heavy atom. The lowest BCUT2D eigenvalue weighted by Crippen LogP contribution is -2.32. The van der Waals surface area contributed by atoms with Crippen LogP contribution in [0, 0.1) is 17.0 Å². The molecule has 1 aromatic heterocycles. The summed E-state index contributed by atoms with van der Waals surface area (Å²) in [5.74, 6) is -0.412. The topological polar surface area (TPSA) is 155 Å². The van der Waals surface area contributed by atoms with Crippen LogP contribution in [0.4, 0.5) is 5.69 Å². The first-order valence-electron chi connectivity index (χ1n) is 10.4. The SMILES string of the molecule is Cc1c(C(=O)NCC2CCCO2)nn(C)c1Oc1ccc([N+](=O)[O-])cc1S(=O)(=O)NC(C)C. The van der Waals surface area contributed by atoms with Gasteiger partial charge in [0, 0.05) is 43.9 Å². The molecule has 1 saturated heterocycles. The first kappa shape index (κ1) is 24.6. The second-order valence-electron chi connectivity index (χ2n) is 8.01. The van der Waals surface area contributed by atoms with Gasteiger partial charge >= 0.3 is 0 Å².